The second-order valence-electron chi connectivity index (χ2n) is 10.1. The molecule has 0 N–H and O–H groups in total. The summed E-state index contributed by atoms with van der Waals surface area (Å²) in [5.74, 6) is 1.36. The highest BCUT2D eigenvalue weighted by Crippen LogP contribution is 2.55. The van der Waals surface area contributed by atoms with Crippen LogP contribution in [0.3, 0.4) is 0 Å². The molecule has 2 heterocycles. The van der Waals surface area contributed by atoms with E-state index in [0.717, 1.165) is 50.2 Å². The number of hydrogen-bond acceptors (Lipinski definition) is 5. The number of para-hydroxylation sites is 1. The maximum Gasteiger partial charge on any atom is 0.332 e. The third-order valence-electron chi connectivity index (χ3n) is 6.53. The van der Waals surface area contributed by atoms with Crippen LogP contribution in [0.5, 0.6) is 11.5 Å². The maximum absolute atomic E-state index is 11.8. The third-order valence-corrected chi connectivity index (χ3v) is 6.53. The fourth-order valence-corrected chi connectivity index (χ4v) is 4.74. The van der Waals surface area contributed by atoms with Crippen LogP contribution in [-0.2, 0) is 24.6 Å². The molecule has 5 rings (SSSR count). The van der Waals surface area contributed by atoms with Gasteiger partial charge in [-0.15, -0.1) is 0 Å². The van der Waals surface area contributed by atoms with E-state index in [4.69, 9.17) is 18.9 Å². The van der Waals surface area contributed by atoms with Crippen molar-refractivity contribution >= 4 is 5.97 Å². The Morgan fingerprint density at radius 1 is 0.969 bits per heavy atom. The average molecular weight is 439 g/mol. The van der Waals surface area contributed by atoms with Crippen LogP contribution < -0.4 is 4.74 Å². The molecule has 0 unspecified atom stereocenters. The van der Waals surface area contributed by atoms with Crippen molar-refractivity contribution in [2.75, 3.05) is 19.8 Å². The standard InChI is InChI=1S/C27H34O5/c1-25(2,3)32-24(28)19-29-17-16-26-12-14-27(15-13-26,30-20-26)21-8-7-11-23(18-21)31-22-9-5-4-6-10-22/h4-11,18H,12-17,19-20H2,1-3H3. The van der Waals surface area contributed by atoms with Gasteiger partial charge in [-0.05, 0) is 88.1 Å². The van der Waals surface area contributed by atoms with Crippen molar-refractivity contribution < 1.29 is 23.7 Å². The van der Waals surface area contributed by atoms with Crippen LogP contribution in [0.2, 0.25) is 0 Å². The molecule has 0 amide bonds. The number of carbonyl (C=O) groups is 1. The van der Waals surface area contributed by atoms with Crippen molar-refractivity contribution in [3.05, 3.63) is 60.2 Å². The van der Waals surface area contributed by atoms with Crippen LogP contribution in [0.15, 0.2) is 54.6 Å². The number of carbonyl (C=O) groups excluding carboxylic acids is 1. The Bertz CT molecular complexity index is 891. The molecule has 172 valence electrons. The smallest absolute Gasteiger partial charge is 0.332 e. The van der Waals surface area contributed by atoms with Crippen LogP contribution in [0, 0.1) is 5.41 Å². The molecule has 0 spiro atoms. The molecule has 3 fully saturated rings. The topological polar surface area (TPSA) is 54.0 Å². The lowest BCUT2D eigenvalue weighted by Gasteiger charge is -2.53. The number of esters is 1. The minimum absolute atomic E-state index is 0.00630. The van der Waals surface area contributed by atoms with Crippen molar-refractivity contribution in [1.82, 2.24) is 0 Å². The fourth-order valence-electron chi connectivity index (χ4n) is 4.74. The minimum Gasteiger partial charge on any atom is -0.458 e. The summed E-state index contributed by atoms with van der Waals surface area (Å²) in [5.41, 5.74) is 0.635. The molecular formula is C27H34O5. The van der Waals surface area contributed by atoms with Crippen LogP contribution in [0.25, 0.3) is 0 Å². The number of ether oxygens (including phenoxy) is 4. The van der Waals surface area contributed by atoms with E-state index in [1.165, 1.54) is 5.56 Å². The minimum atomic E-state index is -0.480. The highest BCUT2D eigenvalue weighted by molar-refractivity contribution is 5.71. The molecule has 1 aliphatic carbocycles. The first kappa shape index (κ1) is 22.8. The van der Waals surface area contributed by atoms with Crippen LogP contribution in [-0.4, -0.2) is 31.4 Å². The van der Waals surface area contributed by atoms with Crippen molar-refractivity contribution in [3.63, 3.8) is 0 Å². The molecule has 0 aromatic heterocycles. The molecule has 1 saturated carbocycles. The molecule has 3 aliphatic rings. The zero-order chi connectivity index (χ0) is 22.7. The first-order chi connectivity index (χ1) is 15.3. The molecule has 32 heavy (non-hydrogen) atoms. The number of hydrogen-bond donors (Lipinski definition) is 0. The second kappa shape index (κ2) is 9.24. The van der Waals surface area contributed by atoms with Gasteiger partial charge in [-0.2, -0.15) is 0 Å². The van der Waals surface area contributed by atoms with Gasteiger partial charge in [-0.3, -0.25) is 0 Å². The van der Waals surface area contributed by atoms with Gasteiger partial charge in [0.15, 0.2) is 0 Å². The van der Waals surface area contributed by atoms with Gasteiger partial charge in [0.05, 0.1) is 12.2 Å². The SMILES string of the molecule is CC(C)(C)OC(=O)COCCC12CCC(c3cccc(Oc4ccccc4)c3)(CC1)OC2. The van der Waals surface area contributed by atoms with Gasteiger partial charge in [-0.25, -0.2) is 4.79 Å². The predicted octanol–water partition coefficient (Wildman–Crippen LogP) is 6.01. The maximum atomic E-state index is 11.8. The van der Waals surface area contributed by atoms with Gasteiger partial charge in [0, 0.05) is 6.61 Å². The Kier molecular flexibility index (Phi) is 6.59. The predicted molar refractivity (Wildman–Crippen MR) is 123 cm³/mol. The third kappa shape index (κ3) is 5.51. The second-order valence-corrected chi connectivity index (χ2v) is 10.1. The van der Waals surface area contributed by atoms with Crippen LogP contribution in [0.4, 0.5) is 0 Å². The van der Waals surface area contributed by atoms with Crippen molar-refractivity contribution in [3.8, 4) is 11.5 Å². The Labute approximate surface area is 191 Å². The van der Waals surface area contributed by atoms with E-state index in [1.54, 1.807) is 0 Å². The number of fused-ring (bicyclic) bond motifs is 3. The largest absolute Gasteiger partial charge is 0.458 e. The van der Waals surface area contributed by atoms with Crippen molar-refractivity contribution in [2.45, 2.75) is 64.1 Å². The molecule has 2 bridgehead atoms. The quantitative estimate of drug-likeness (QED) is 0.373. The summed E-state index contributed by atoms with van der Waals surface area (Å²) in [4.78, 5) is 11.8. The van der Waals surface area contributed by atoms with E-state index in [-0.39, 0.29) is 23.6 Å². The summed E-state index contributed by atoms with van der Waals surface area (Å²) in [6.45, 7) is 6.87. The molecule has 2 aromatic rings. The van der Waals surface area contributed by atoms with E-state index in [9.17, 15) is 4.79 Å². The fraction of sp³-hybridized carbons (Fsp3) is 0.519. The first-order valence-corrected chi connectivity index (χ1v) is 11.5. The molecule has 0 radical (unpaired) electrons. The van der Waals surface area contributed by atoms with E-state index in [1.807, 2.05) is 63.2 Å². The number of benzene rings is 2. The van der Waals surface area contributed by atoms with Gasteiger partial charge in [0.25, 0.3) is 0 Å². The first-order valence-electron chi connectivity index (χ1n) is 11.5. The lowest BCUT2D eigenvalue weighted by atomic mass is 9.63. The summed E-state index contributed by atoms with van der Waals surface area (Å²) in [7, 11) is 0. The van der Waals surface area contributed by atoms with E-state index < -0.39 is 5.60 Å². The molecule has 5 nitrogen and oxygen atoms in total. The summed E-state index contributed by atoms with van der Waals surface area (Å²) < 4.78 is 23.5. The molecule has 0 atom stereocenters. The lowest BCUT2D eigenvalue weighted by Crippen LogP contribution is -2.49. The van der Waals surface area contributed by atoms with Gasteiger partial charge in [0.2, 0.25) is 0 Å². The molecule has 2 aromatic carbocycles. The molecule has 2 aliphatic heterocycles. The van der Waals surface area contributed by atoms with E-state index >= 15 is 0 Å². The van der Waals surface area contributed by atoms with Crippen LogP contribution in [0.1, 0.15) is 58.4 Å². The lowest BCUT2D eigenvalue weighted by molar-refractivity contribution is -0.195. The van der Waals surface area contributed by atoms with E-state index in [2.05, 4.69) is 12.1 Å². The van der Waals surface area contributed by atoms with Gasteiger partial charge in [-0.1, -0.05) is 30.3 Å². The van der Waals surface area contributed by atoms with Crippen molar-refractivity contribution in [1.29, 1.82) is 0 Å². The summed E-state index contributed by atoms with van der Waals surface area (Å²) in [6, 6.07) is 18.2. The summed E-state index contributed by atoms with van der Waals surface area (Å²) >= 11 is 0. The Morgan fingerprint density at radius 3 is 2.34 bits per heavy atom. The normalized spacial score (nSPS) is 24.8. The van der Waals surface area contributed by atoms with E-state index in [0.29, 0.717) is 6.61 Å². The monoisotopic (exact) mass is 438 g/mol. The van der Waals surface area contributed by atoms with Gasteiger partial charge in [0.1, 0.15) is 23.7 Å². The highest BCUT2D eigenvalue weighted by atomic mass is 16.6. The Hall–Kier alpha value is -2.37. The molecular weight excluding hydrogens is 404 g/mol. The zero-order valence-electron chi connectivity index (χ0n) is 19.4. The zero-order valence-corrected chi connectivity index (χ0v) is 19.4. The van der Waals surface area contributed by atoms with Crippen LogP contribution >= 0.6 is 0 Å². The Balaban J connectivity index is 1.30. The van der Waals surface area contributed by atoms with Gasteiger partial charge < -0.3 is 18.9 Å². The Morgan fingerprint density at radius 2 is 1.69 bits per heavy atom. The molecule has 5 heteroatoms. The summed E-state index contributed by atoms with van der Waals surface area (Å²) in [6.07, 6.45) is 5.10. The average Bonchev–Trinajstić information content (AvgIpc) is 2.78. The number of rotatable bonds is 8. The highest BCUT2D eigenvalue weighted by Gasteiger charge is 2.50. The molecule has 2 saturated heterocycles. The summed E-state index contributed by atoms with van der Waals surface area (Å²) in [5, 5.41) is 0. The van der Waals surface area contributed by atoms with Gasteiger partial charge >= 0.3 is 5.97 Å². The van der Waals surface area contributed by atoms with Crippen molar-refractivity contribution in [2.24, 2.45) is 5.41 Å².